The van der Waals surface area contributed by atoms with Gasteiger partial charge < -0.3 is 10.6 Å². The van der Waals surface area contributed by atoms with Crippen LogP contribution in [0.15, 0.2) is 18.2 Å². The lowest BCUT2D eigenvalue weighted by molar-refractivity contribution is 0.177. The highest BCUT2D eigenvalue weighted by atomic mass is 19.1. The summed E-state index contributed by atoms with van der Waals surface area (Å²) in [6.45, 7) is 5.37. The van der Waals surface area contributed by atoms with Gasteiger partial charge in [-0.05, 0) is 62.5 Å². The molecule has 0 radical (unpaired) electrons. The highest BCUT2D eigenvalue weighted by Crippen LogP contribution is 2.22. The van der Waals surface area contributed by atoms with Crippen LogP contribution in [0.25, 0.3) is 0 Å². The summed E-state index contributed by atoms with van der Waals surface area (Å²) in [5.74, 6) is -0.254. The number of halogens is 2. The van der Waals surface area contributed by atoms with Crippen LogP contribution in [0.5, 0.6) is 0 Å². The van der Waals surface area contributed by atoms with Crippen LogP contribution >= 0.6 is 0 Å². The monoisotopic (exact) mass is 282 g/mol. The van der Waals surface area contributed by atoms with Crippen LogP contribution in [0.2, 0.25) is 0 Å². The van der Waals surface area contributed by atoms with Gasteiger partial charge in [-0.25, -0.2) is 8.78 Å². The third-order valence-corrected chi connectivity index (χ3v) is 4.35. The molecule has 112 valence electrons. The average molecular weight is 282 g/mol. The Kier molecular flexibility index (Phi) is 5.49. The molecule has 1 aromatic rings. The minimum atomic E-state index is -0.556. The number of hydrogen-bond acceptors (Lipinski definition) is 2. The number of rotatable bonds is 5. The van der Waals surface area contributed by atoms with E-state index in [1.165, 1.54) is 31.4 Å². The third-order valence-electron chi connectivity index (χ3n) is 4.35. The number of nitrogens with two attached hydrogens (primary N) is 1. The first-order valence-electron chi connectivity index (χ1n) is 7.52. The molecule has 2 rings (SSSR count). The summed E-state index contributed by atoms with van der Waals surface area (Å²) in [4.78, 5) is 2.40. The quantitative estimate of drug-likeness (QED) is 0.896. The van der Waals surface area contributed by atoms with Crippen LogP contribution in [0.3, 0.4) is 0 Å². The fourth-order valence-electron chi connectivity index (χ4n) is 2.90. The second kappa shape index (κ2) is 7.14. The lowest BCUT2D eigenvalue weighted by Crippen LogP contribution is -2.35. The zero-order valence-electron chi connectivity index (χ0n) is 12.1. The molecule has 1 fully saturated rings. The molecule has 4 heteroatoms. The van der Waals surface area contributed by atoms with Gasteiger partial charge in [-0.15, -0.1) is 0 Å². The van der Waals surface area contributed by atoms with Gasteiger partial charge >= 0.3 is 0 Å². The van der Waals surface area contributed by atoms with E-state index in [2.05, 4.69) is 11.8 Å². The zero-order chi connectivity index (χ0) is 14.5. The number of piperidine rings is 1. The maximum absolute atomic E-state index is 13.2. The van der Waals surface area contributed by atoms with E-state index in [9.17, 15) is 8.78 Å². The topological polar surface area (TPSA) is 29.3 Å². The van der Waals surface area contributed by atoms with Crippen LogP contribution in [0, 0.1) is 17.6 Å². The molecule has 0 saturated carbocycles. The van der Waals surface area contributed by atoms with Crippen molar-refractivity contribution >= 4 is 0 Å². The molecule has 0 amide bonds. The second-order valence-electron chi connectivity index (χ2n) is 5.79. The summed E-state index contributed by atoms with van der Waals surface area (Å²) in [5, 5.41) is 0. The van der Waals surface area contributed by atoms with Gasteiger partial charge in [0.15, 0.2) is 0 Å². The fraction of sp³-hybridized carbons (Fsp3) is 0.625. The van der Waals surface area contributed by atoms with E-state index >= 15 is 0 Å². The zero-order valence-corrected chi connectivity index (χ0v) is 12.1. The minimum Gasteiger partial charge on any atom is -0.324 e. The van der Waals surface area contributed by atoms with Crippen LogP contribution in [-0.2, 0) is 0 Å². The molecule has 2 N–H and O–H groups in total. The average Bonchev–Trinajstić information content (AvgIpc) is 2.44. The Morgan fingerprint density at radius 2 is 1.80 bits per heavy atom. The van der Waals surface area contributed by atoms with Crippen molar-refractivity contribution in [1.82, 2.24) is 4.90 Å². The summed E-state index contributed by atoms with van der Waals surface area (Å²) in [5.41, 5.74) is 6.59. The Balaban J connectivity index is 1.81. The molecule has 1 aromatic carbocycles. The van der Waals surface area contributed by atoms with Gasteiger partial charge in [-0.3, -0.25) is 0 Å². The fourth-order valence-corrected chi connectivity index (χ4v) is 2.90. The highest BCUT2D eigenvalue weighted by molar-refractivity contribution is 5.21. The van der Waals surface area contributed by atoms with E-state index < -0.39 is 11.6 Å². The van der Waals surface area contributed by atoms with Crippen molar-refractivity contribution in [2.45, 2.75) is 38.6 Å². The van der Waals surface area contributed by atoms with E-state index in [1.54, 1.807) is 0 Å². The Labute approximate surface area is 120 Å². The highest BCUT2D eigenvalue weighted by Gasteiger charge is 2.18. The Hall–Kier alpha value is -1.00. The molecular weight excluding hydrogens is 258 g/mol. The van der Waals surface area contributed by atoms with Crippen LogP contribution in [0.1, 0.15) is 44.2 Å². The minimum absolute atomic E-state index is 0.302. The Morgan fingerprint density at radius 1 is 1.20 bits per heavy atom. The van der Waals surface area contributed by atoms with Crippen LogP contribution < -0.4 is 5.73 Å². The molecule has 1 heterocycles. The first-order valence-corrected chi connectivity index (χ1v) is 7.52. The molecule has 1 saturated heterocycles. The Bertz CT molecular complexity index is 408. The van der Waals surface area contributed by atoms with E-state index in [0.29, 0.717) is 5.56 Å². The molecule has 0 aromatic heterocycles. The van der Waals surface area contributed by atoms with Crippen LogP contribution in [-0.4, -0.2) is 24.5 Å². The van der Waals surface area contributed by atoms with E-state index in [1.807, 2.05) is 0 Å². The number of likely N-dealkylation sites (tertiary alicyclic amines) is 1. The standard InChI is InChI=1S/C16H24F2N2/c1-2-12-3-6-20(7-4-12)8-5-16(19)13-9-14(17)11-15(18)10-13/h9-12,16H,2-8,19H2,1H3. The predicted octanol–water partition coefficient (Wildman–Crippen LogP) is 3.48. The van der Waals surface area contributed by atoms with Crippen LogP contribution in [0.4, 0.5) is 8.78 Å². The molecule has 0 bridgehead atoms. The molecule has 1 unspecified atom stereocenters. The summed E-state index contributed by atoms with van der Waals surface area (Å²) in [6.07, 6.45) is 4.50. The SMILES string of the molecule is CCC1CCN(CCC(N)c2cc(F)cc(F)c2)CC1. The third kappa shape index (κ3) is 4.25. The Morgan fingerprint density at radius 3 is 2.35 bits per heavy atom. The molecule has 0 spiro atoms. The van der Waals surface area contributed by atoms with Crippen molar-refractivity contribution in [2.75, 3.05) is 19.6 Å². The van der Waals surface area contributed by atoms with Gasteiger partial charge in [0.05, 0.1) is 0 Å². The van der Waals surface area contributed by atoms with Crippen molar-refractivity contribution in [3.05, 3.63) is 35.4 Å². The molecule has 20 heavy (non-hydrogen) atoms. The summed E-state index contributed by atoms with van der Waals surface area (Å²) in [6, 6.07) is 3.24. The summed E-state index contributed by atoms with van der Waals surface area (Å²) < 4.78 is 26.3. The first-order chi connectivity index (χ1) is 9.58. The maximum Gasteiger partial charge on any atom is 0.126 e. The predicted molar refractivity (Wildman–Crippen MR) is 77.4 cm³/mol. The maximum atomic E-state index is 13.2. The first kappa shape index (κ1) is 15.4. The number of nitrogens with zero attached hydrogens (tertiary/aromatic N) is 1. The van der Waals surface area contributed by atoms with Gasteiger partial charge in [-0.2, -0.15) is 0 Å². The normalized spacial score (nSPS) is 19.2. The molecular formula is C16H24F2N2. The van der Waals surface area contributed by atoms with Gasteiger partial charge in [0, 0.05) is 12.1 Å². The second-order valence-corrected chi connectivity index (χ2v) is 5.79. The molecule has 2 nitrogen and oxygen atoms in total. The van der Waals surface area contributed by atoms with E-state index in [-0.39, 0.29) is 6.04 Å². The van der Waals surface area contributed by atoms with Crippen molar-refractivity contribution in [2.24, 2.45) is 11.7 Å². The van der Waals surface area contributed by atoms with Gasteiger partial charge in [0.25, 0.3) is 0 Å². The largest absolute Gasteiger partial charge is 0.324 e. The van der Waals surface area contributed by atoms with Crippen molar-refractivity contribution in [3.8, 4) is 0 Å². The molecule has 1 aliphatic heterocycles. The van der Waals surface area contributed by atoms with E-state index in [0.717, 1.165) is 38.0 Å². The summed E-state index contributed by atoms with van der Waals surface area (Å²) >= 11 is 0. The van der Waals surface area contributed by atoms with Crippen molar-refractivity contribution in [3.63, 3.8) is 0 Å². The van der Waals surface area contributed by atoms with Gasteiger partial charge in [0.2, 0.25) is 0 Å². The van der Waals surface area contributed by atoms with E-state index in [4.69, 9.17) is 5.73 Å². The lowest BCUT2D eigenvalue weighted by Gasteiger charge is -2.32. The van der Waals surface area contributed by atoms with Gasteiger partial charge in [0.1, 0.15) is 11.6 Å². The van der Waals surface area contributed by atoms with Crippen molar-refractivity contribution in [1.29, 1.82) is 0 Å². The van der Waals surface area contributed by atoms with Gasteiger partial charge in [-0.1, -0.05) is 13.3 Å². The smallest absolute Gasteiger partial charge is 0.126 e. The molecule has 1 aliphatic rings. The number of hydrogen-bond donors (Lipinski definition) is 1. The molecule has 0 aliphatic carbocycles. The molecule has 1 atom stereocenters. The van der Waals surface area contributed by atoms with Crippen molar-refractivity contribution < 1.29 is 8.78 Å². The summed E-state index contributed by atoms with van der Waals surface area (Å²) in [7, 11) is 0. The number of benzene rings is 1. The lowest BCUT2D eigenvalue weighted by atomic mass is 9.94.